The quantitative estimate of drug-likeness (QED) is 0.0295. The van der Waals surface area contributed by atoms with Crippen molar-refractivity contribution in [3.8, 4) is 0 Å². The Balaban J connectivity index is 3.99. The molecule has 0 aromatic rings. The van der Waals surface area contributed by atoms with Crippen molar-refractivity contribution in [1.82, 2.24) is 21.3 Å². The van der Waals surface area contributed by atoms with E-state index < -0.39 is 72.5 Å². The highest BCUT2D eigenvalue weighted by Crippen LogP contribution is 2.18. The normalized spacial score (nSPS) is 12.6. The summed E-state index contributed by atoms with van der Waals surface area (Å²) >= 11 is 0. The molecule has 0 aromatic heterocycles. The van der Waals surface area contributed by atoms with Crippen LogP contribution in [0, 0.1) is 11.8 Å². The van der Waals surface area contributed by atoms with Crippen LogP contribution in [0.1, 0.15) is 213 Å². The highest BCUT2D eigenvalue weighted by atomic mass is 16.5. The number of nitrogens with one attached hydrogen (secondary N) is 4. The lowest BCUT2D eigenvalue weighted by Crippen LogP contribution is -2.42. The van der Waals surface area contributed by atoms with Crippen molar-refractivity contribution >= 4 is 64.9 Å². The molecule has 0 rings (SSSR count). The largest absolute Gasteiger partial charge is 0.481 e. The molecule has 0 aliphatic rings. The molecule has 0 radical (unpaired) electrons. The van der Waals surface area contributed by atoms with E-state index in [0.717, 1.165) is 77.0 Å². The summed E-state index contributed by atoms with van der Waals surface area (Å²) in [6, 6.07) is -2.51. The molecular formula is C58H100N4O19. The predicted molar refractivity (Wildman–Crippen MR) is 300 cm³/mol. The van der Waals surface area contributed by atoms with E-state index in [1.807, 2.05) is 13.8 Å². The summed E-state index contributed by atoms with van der Waals surface area (Å²) in [4.78, 5) is 132. The molecule has 0 unspecified atom stereocenters. The average Bonchev–Trinajstić information content (AvgIpc) is 3.42. The van der Waals surface area contributed by atoms with E-state index in [1.54, 1.807) is 0 Å². The van der Waals surface area contributed by atoms with Crippen molar-refractivity contribution in [2.45, 2.75) is 225 Å². The topological polar surface area (TPSA) is 354 Å². The maximum Gasteiger partial charge on any atom is 0.326 e. The fourth-order valence-corrected chi connectivity index (χ4v) is 8.80. The van der Waals surface area contributed by atoms with Crippen molar-refractivity contribution in [2.75, 3.05) is 65.9 Å². The summed E-state index contributed by atoms with van der Waals surface area (Å²) in [5, 5.41) is 47.7. The molecule has 0 aliphatic carbocycles. The number of carbonyl (C=O) groups is 11. The predicted octanol–water partition coefficient (Wildman–Crippen LogP) is 6.67. The maximum atomic E-state index is 12.5. The zero-order valence-corrected chi connectivity index (χ0v) is 48.7. The number of carbonyl (C=O) groups excluding carboxylic acids is 7. The van der Waals surface area contributed by atoms with Gasteiger partial charge in [0.05, 0.1) is 39.0 Å². The lowest BCUT2D eigenvalue weighted by Gasteiger charge is -2.16. The molecule has 4 amide bonds. The Hall–Kier alpha value is -5.39. The first kappa shape index (κ1) is 75.6. The number of carboxylic acid groups (broad SMARTS) is 4. The van der Waals surface area contributed by atoms with Crippen LogP contribution in [0.2, 0.25) is 0 Å². The van der Waals surface area contributed by atoms with Crippen molar-refractivity contribution in [1.29, 1.82) is 0 Å². The Labute approximate surface area is 479 Å². The maximum absolute atomic E-state index is 12.5. The standard InChI is InChI=1S/C58H100N4O19/c1-3-22-44(50(65)4-2)23-19-20-33-59-51(66)32-30-49(58(76)77)62-53(68)31-27-45(56(72)73)41-47(64)42-80-39-38-79-36-34-60-54(69)43-81-40-37-78-35-21-24-46(63)28-29-48(57(74)75)61-52(67)25-17-15-13-11-9-7-5-6-8-10-12-14-16-18-26-55(70)71/h44-45,48-49H,3-43H2,1-2H3,(H,59,66)(H,60,69)(H,61,67)(H,62,68)(H,70,71)(H,72,73)(H,74,75)(H,76,77)/t44-,45+,48-,49-/m0/s1. The Bertz CT molecular complexity index is 1820. The zero-order valence-electron chi connectivity index (χ0n) is 48.7. The van der Waals surface area contributed by atoms with E-state index in [1.165, 1.54) is 32.1 Å². The third-order valence-corrected chi connectivity index (χ3v) is 13.5. The smallest absolute Gasteiger partial charge is 0.326 e. The number of aliphatic carboxylic acids is 4. The molecular weight excluding hydrogens is 1060 g/mol. The molecule has 466 valence electrons. The van der Waals surface area contributed by atoms with Crippen LogP contribution in [-0.4, -0.2) is 163 Å². The SMILES string of the molecule is CCC[C@@H](CCCCNC(=O)CC[C@H](NC(=O)CC[C@H](CC(=O)COCCOCCNC(=O)COCCOCCCC(=O)CC[C@H](NC(=O)CCCCCCCCCCCCCCCCC(=O)O)C(=O)O)C(=O)O)C(=O)O)C(=O)CC. The van der Waals surface area contributed by atoms with Gasteiger partial charge < -0.3 is 60.6 Å². The van der Waals surface area contributed by atoms with Gasteiger partial charge in [-0.1, -0.05) is 104 Å². The minimum Gasteiger partial charge on any atom is -0.481 e. The fourth-order valence-electron chi connectivity index (χ4n) is 8.80. The molecule has 0 aromatic carbocycles. The second-order valence-corrected chi connectivity index (χ2v) is 20.6. The minimum atomic E-state index is -1.38. The van der Waals surface area contributed by atoms with Crippen LogP contribution in [0.5, 0.6) is 0 Å². The average molecular weight is 1160 g/mol. The van der Waals surface area contributed by atoms with Gasteiger partial charge in [0.2, 0.25) is 23.6 Å². The molecule has 0 saturated heterocycles. The minimum absolute atomic E-state index is 0.000794. The van der Waals surface area contributed by atoms with Gasteiger partial charge in [0.25, 0.3) is 0 Å². The highest BCUT2D eigenvalue weighted by molar-refractivity contribution is 5.87. The number of hydrogen-bond acceptors (Lipinski definition) is 15. The third kappa shape index (κ3) is 46.9. The lowest BCUT2D eigenvalue weighted by molar-refractivity contribution is -0.145. The summed E-state index contributed by atoms with van der Waals surface area (Å²) in [7, 11) is 0. The molecule has 0 bridgehead atoms. The summed E-state index contributed by atoms with van der Waals surface area (Å²) < 4.78 is 21.4. The van der Waals surface area contributed by atoms with E-state index in [0.29, 0.717) is 32.2 Å². The van der Waals surface area contributed by atoms with Gasteiger partial charge in [-0.15, -0.1) is 0 Å². The Morgan fingerprint density at radius 2 is 0.864 bits per heavy atom. The Kier molecular flexibility index (Phi) is 48.1. The summed E-state index contributed by atoms with van der Waals surface area (Å²) in [6.45, 7) is 4.56. The van der Waals surface area contributed by atoms with Crippen molar-refractivity contribution in [3.05, 3.63) is 0 Å². The van der Waals surface area contributed by atoms with Gasteiger partial charge in [-0.3, -0.25) is 43.2 Å². The van der Waals surface area contributed by atoms with Gasteiger partial charge in [0.1, 0.15) is 36.9 Å². The van der Waals surface area contributed by atoms with Gasteiger partial charge in [-0.2, -0.15) is 0 Å². The van der Waals surface area contributed by atoms with Crippen LogP contribution >= 0.6 is 0 Å². The van der Waals surface area contributed by atoms with Crippen LogP contribution in [0.3, 0.4) is 0 Å². The molecule has 23 heteroatoms. The molecule has 0 heterocycles. The van der Waals surface area contributed by atoms with Gasteiger partial charge >= 0.3 is 23.9 Å². The van der Waals surface area contributed by atoms with Crippen LogP contribution in [-0.2, 0) is 71.7 Å². The summed E-state index contributed by atoms with van der Waals surface area (Å²) in [6.07, 6.45) is 19.0. The van der Waals surface area contributed by atoms with Gasteiger partial charge in [0.15, 0.2) is 5.78 Å². The Morgan fingerprint density at radius 1 is 0.370 bits per heavy atom. The molecule has 81 heavy (non-hydrogen) atoms. The number of amides is 4. The van der Waals surface area contributed by atoms with Gasteiger partial charge in [-0.05, 0) is 57.8 Å². The Morgan fingerprint density at radius 3 is 1.41 bits per heavy atom. The van der Waals surface area contributed by atoms with Crippen LogP contribution in [0.15, 0.2) is 0 Å². The number of ether oxygens (including phenoxy) is 4. The first-order chi connectivity index (χ1) is 38.9. The first-order valence-electron chi connectivity index (χ1n) is 29.8. The van der Waals surface area contributed by atoms with Crippen molar-refractivity contribution in [2.24, 2.45) is 11.8 Å². The third-order valence-electron chi connectivity index (χ3n) is 13.5. The van der Waals surface area contributed by atoms with E-state index >= 15 is 0 Å². The number of Topliss-reactive ketones (excluding diaryl/α,β-unsaturated/α-hetero) is 3. The lowest BCUT2D eigenvalue weighted by atomic mass is 9.91. The van der Waals surface area contributed by atoms with E-state index in [-0.39, 0.29) is 140 Å². The second kappa shape index (κ2) is 51.5. The van der Waals surface area contributed by atoms with E-state index in [2.05, 4.69) is 21.3 Å². The molecule has 0 spiro atoms. The molecule has 4 atom stereocenters. The monoisotopic (exact) mass is 1160 g/mol. The van der Waals surface area contributed by atoms with E-state index in [4.69, 9.17) is 24.1 Å². The molecule has 0 saturated carbocycles. The van der Waals surface area contributed by atoms with Crippen LogP contribution < -0.4 is 21.3 Å². The number of unbranched alkanes of at least 4 members (excludes halogenated alkanes) is 14. The number of ketones is 3. The first-order valence-corrected chi connectivity index (χ1v) is 29.8. The zero-order chi connectivity index (χ0) is 60.3. The van der Waals surface area contributed by atoms with Gasteiger partial charge in [0, 0.05) is 77.0 Å². The molecule has 0 fully saturated rings. The summed E-state index contributed by atoms with van der Waals surface area (Å²) in [5.41, 5.74) is 0. The number of hydrogen-bond donors (Lipinski definition) is 8. The van der Waals surface area contributed by atoms with Crippen molar-refractivity contribution < 1.29 is 92.1 Å². The summed E-state index contributed by atoms with van der Waals surface area (Å²) in [5.74, 6) is -8.05. The van der Waals surface area contributed by atoms with Crippen molar-refractivity contribution in [3.63, 3.8) is 0 Å². The number of rotatable bonds is 59. The second-order valence-electron chi connectivity index (χ2n) is 20.6. The molecule has 0 aliphatic heterocycles. The van der Waals surface area contributed by atoms with E-state index in [9.17, 15) is 68.1 Å². The van der Waals surface area contributed by atoms with Gasteiger partial charge in [-0.25, -0.2) is 9.59 Å². The number of carboxylic acids is 4. The molecule has 23 nitrogen and oxygen atoms in total. The fraction of sp³-hybridized carbons (Fsp3) is 0.810. The highest BCUT2D eigenvalue weighted by Gasteiger charge is 2.26. The molecule has 8 N–H and O–H groups in total. The van der Waals surface area contributed by atoms with Crippen LogP contribution in [0.4, 0.5) is 0 Å². The van der Waals surface area contributed by atoms with Crippen LogP contribution in [0.25, 0.3) is 0 Å².